The number of nitrogens with zero attached hydrogens (tertiary/aromatic N) is 2. The smallest absolute Gasteiger partial charge is 0.243 e. The number of aliphatic hydroxyl groups excluding tert-OH is 1. The Morgan fingerprint density at radius 3 is 2.27 bits per heavy atom. The third-order valence-corrected chi connectivity index (χ3v) is 7.03. The van der Waals surface area contributed by atoms with Gasteiger partial charge in [0.2, 0.25) is 10.0 Å². The summed E-state index contributed by atoms with van der Waals surface area (Å²) >= 11 is 0. The predicted molar refractivity (Wildman–Crippen MR) is 114 cm³/mol. The van der Waals surface area contributed by atoms with Crippen molar-refractivity contribution in [3.05, 3.63) is 60.2 Å². The van der Waals surface area contributed by atoms with Crippen LogP contribution in [0.5, 0.6) is 5.75 Å². The fourth-order valence-electron chi connectivity index (χ4n) is 3.38. The maximum atomic E-state index is 12.7. The van der Waals surface area contributed by atoms with E-state index < -0.39 is 16.1 Å². The number of benzene rings is 2. The summed E-state index contributed by atoms with van der Waals surface area (Å²) in [4.78, 5) is 14.0. The number of rotatable bonds is 9. The van der Waals surface area contributed by atoms with Gasteiger partial charge in [0, 0.05) is 44.7 Å². The Bertz CT molecular complexity index is 924. The van der Waals surface area contributed by atoms with E-state index in [2.05, 4.69) is 0 Å². The summed E-state index contributed by atoms with van der Waals surface area (Å²) in [6.07, 6.45) is -0.238. The highest BCUT2D eigenvalue weighted by Gasteiger charge is 2.28. The Balaban J connectivity index is 1.44. The highest BCUT2D eigenvalue weighted by molar-refractivity contribution is 7.89. The van der Waals surface area contributed by atoms with Crippen molar-refractivity contribution >= 4 is 15.8 Å². The van der Waals surface area contributed by atoms with Gasteiger partial charge < -0.3 is 9.84 Å². The first-order valence-electron chi connectivity index (χ1n) is 10.1. The molecule has 30 heavy (non-hydrogen) atoms. The first-order chi connectivity index (χ1) is 14.4. The molecule has 3 rings (SSSR count). The molecule has 1 saturated heterocycles. The molecule has 162 valence electrons. The van der Waals surface area contributed by atoms with E-state index in [0.29, 0.717) is 55.4 Å². The molecule has 1 unspecified atom stereocenters. The number of sulfonamides is 1. The monoisotopic (exact) mass is 432 g/mol. The lowest BCUT2D eigenvalue weighted by atomic mass is 10.1. The molecule has 8 heteroatoms. The summed E-state index contributed by atoms with van der Waals surface area (Å²) < 4.78 is 32.5. The normalized spacial score (nSPS) is 16.9. The van der Waals surface area contributed by atoms with Crippen LogP contribution in [-0.4, -0.2) is 73.9 Å². The molecule has 2 aromatic carbocycles. The van der Waals surface area contributed by atoms with Gasteiger partial charge in [0.25, 0.3) is 0 Å². The van der Waals surface area contributed by atoms with Crippen LogP contribution < -0.4 is 4.74 Å². The second kappa shape index (κ2) is 10.2. The maximum absolute atomic E-state index is 12.7. The van der Waals surface area contributed by atoms with Crippen molar-refractivity contribution in [1.29, 1.82) is 0 Å². The van der Waals surface area contributed by atoms with Gasteiger partial charge in [0.1, 0.15) is 18.5 Å². The standard InChI is InChI=1S/C22H28N2O5S/c1-2-22(26)18-8-10-20(11-9-18)29-17-19(25)16-23-12-14-24(15-13-23)30(27,28)21-6-4-3-5-7-21/h3-11,19,25H,2,12-17H2,1H3. The highest BCUT2D eigenvalue weighted by Crippen LogP contribution is 2.18. The lowest BCUT2D eigenvalue weighted by Crippen LogP contribution is -2.50. The Morgan fingerprint density at radius 2 is 1.67 bits per heavy atom. The summed E-state index contributed by atoms with van der Waals surface area (Å²) in [7, 11) is -3.48. The van der Waals surface area contributed by atoms with Crippen LogP contribution >= 0.6 is 0 Å². The van der Waals surface area contributed by atoms with E-state index in [1.165, 1.54) is 4.31 Å². The number of β-amino-alcohol motifs (C(OH)–C–C–N with tert-alkyl or cyclic N) is 1. The molecule has 1 atom stereocenters. The van der Waals surface area contributed by atoms with Gasteiger partial charge in [0.15, 0.2) is 5.78 Å². The molecule has 0 saturated carbocycles. The molecule has 0 spiro atoms. The van der Waals surface area contributed by atoms with Gasteiger partial charge in [-0.05, 0) is 36.4 Å². The average molecular weight is 433 g/mol. The summed E-state index contributed by atoms with van der Waals surface area (Å²) in [6.45, 7) is 4.23. The summed E-state index contributed by atoms with van der Waals surface area (Å²) in [6, 6.07) is 15.3. The molecule has 1 aliphatic rings. The Labute approximate surface area is 177 Å². The van der Waals surface area contributed by atoms with E-state index in [1.54, 1.807) is 54.6 Å². The minimum absolute atomic E-state index is 0.0787. The molecule has 2 aromatic rings. The summed E-state index contributed by atoms with van der Waals surface area (Å²) in [5, 5.41) is 10.3. The van der Waals surface area contributed by atoms with E-state index >= 15 is 0 Å². The van der Waals surface area contributed by atoms with Crippen LogP contribution in [0.1, 0.15) is 23.7 Å². The quantitative estimate of drug-likeness (QED) is 0.610. The number of ether oxygens (including phenoxy) is 1. The largest absolute Gasteiger partial charge is 0.491 e. The number of piperazine rings is 1. The van der Waals surface area contributed by atoms with Gasteiger partial charge in [-0.25, -0.2) is 8.42 Å². The van der Waals surface area contributed by atoms with Crippen LogP contribution in [-0.2, 0) is 10.0 Å². The van der Waals surface area contributed by atoms with Crippen molar-refractivity contribution in [2.45, 2.75) is 24.3 Å². The summed E-state index contributed by atoms with van der Waals surface area (Å²) in [5.41, 5.74) is 0.647. The number of hydrogen-bond acceptors (Lipinski definition) is 6. The van der Waals surface area contributed by atoms with Gasteiger partial charge in [-0.1, -0.05) is 25.1 Å². The minimum atomic E-state index is -3.48. The van der Waals surface area contributed by atoms with Crippen molar-refractivity contribution in [3.63, 3.8) is 0 Å². The number of ketones is 1. The van der Waals surface area contributed by atoms with Crippen molar-refractivity contribution in [3.8, 4) is 5.75 Å². The number of carbonyl (C=O) groups excluding carboxylic acids is 1. The SMILES string of the molecule is CCC(=O)c1ccc(OCC(O)CN2CCN(S(=O)(=O)c3ccccc3)CC2)cc1. The average Bonchev–Trinajstić information content (AvgIpc) is 2.78. The fourth-order valence-corrected chi connectivity index (χ4v) is 4.82. The van der Waals surface area contributed by atoms with E-state index in [-0.39, 0.29) is 12.4 Å². The zero-order valence-electron chi connectivity index (χ0n) is 17.1. The lowest BCUT2D eigenvalue weighted by Gasteiger charge is -2.34. The van der Waals surface area contributed by atoms with Crippen LogP contribution in [0.4, 0.5) is 0 Å². The van der Waals surface area contributed by atoms with Crippen LogP contribution in [0.25, 0.3) is 0 Å². The van der Waals surface area contributed by atoms with E-state index in [9.17, 15) is 18.3 Å². The lowest BCUT2D eigenvalue weighted by molar-refractivity contribution is 0.0569. The van der Waals surface area contributed by atoms with Gasteiger partial charge in [-0.3, -0.25) is 9.69 Å². The molecular weight excluding hydrogens is 404 g/mol. The number of aliphatic hydroxyl groups is 1. The molecule has 0 aromatic heterocycles. The molecule has 0 amide bonds. The molecule has 0 radical (unpaired) electrons. The third-order valence-electron chi connectivity index (χ3n) is 5.12. The Hall–Kier alpha value is -2.26. The third kappa shape index (κ3) is 5.66. The maximum Gasteiger partial charge on any atom is 0.243 e. The van der Waals surface area contributed by atoms with Crippen molar-refractivity contribution in [2.75, 3.05) is 39.3 Å². The van der Waals surface area contributed by atoms with Gasteiger partial charge in [-0.2, -0.15) is 4.31 Å². The van der Waals surface area contributed by atoms with Crippen LogP contribution in [0.3, 0.4) is 0 Å². The van der Waals surface area contributed by atoms with E-state index in [1.807, 2.05) is 11.8 Å². The van der Waals surface area contributed by atoms with Crippen LogP contribution in [0.15, 0.2) is 59.5 Å². The van der Waals surface area contributed by atoms with Crippen LogP contribution in [0, 0.1) is 0 Å². The zero-order valence-corrected chi connectivity index (χ0v) is 17.9. The van der Waals surface area contributed by atoms with Crippen LogP contribution in [0.2, 0.25) is 0 Å². The molecule has 1 heterocycles. The second-order valence-electron chi connectivity index (χ2n) is 7.28. The minimum Gasteiger partial charge on any atom is -0.491 e. The molecule has 1 aliphatic heterocycles. The molecule has 0 bridgehead atoms. The molecule has 0 aliphatic carbocycles. The molecular formula is C22H28N2O5S. The topological polar surface area (TPSA) is 87.2 Å². The van der Waals surface area contributed by atoms with Gasteiger partial charge in [0.05, 0.1) is 4.90 Å². The van der Waals surface area contributed by atoms with Crippen molar-refractivity contribution in [1.82, 2.24) is 9.21 Å². The highest BCUT2D eigenvalue weighted by atomic mass is 32.2. The number of carbonyl (C=O) groups is 1. The molecule has 7 nitrogen and oxygen atoms in total. The predicted octanol–water partition coefficient (Wildman–Crippen LogP) is 2.03. The molecule has 1 fully saturated rings. The van der Waals surface area contributed by atoms with Crippen molar-refractivity contribution in [2.24, 2.45) is 0 Å². The van der Waals surface area contributed by atoms with Gasteiger partial charge >= 0.3 is 0 Å². The fraction of sp³-hybridized carbons (Fsp3) is 0.409. The van der Waals surface area contributed by atoms with E-state index in [0.717, 1.165) is 0 Å². The first kappa shape index (κ1) is 22.4. The van der Waals surface area contributed by atoms with Gasteiger partial charge in [-0.15, -0.1) is 0 Å². The summed E-state index contributed by atoms with van der Waals surface area (Å²) in [5.74, 6) is 0.676. The Morgan fingerprint density at radius 1 is 1.03 bits per heavy atom. The van der Waals surface area contributed by atoms with Crippen molar-refractivity contribution < 1.29 is 23.1 Å². The second-order valence-corrected chi connectivity index (χ2v) is 9.22. The Kier molecular flexibility index (Phi) is 7.60. The number of Topliss-reactive ketones (excluding diaryl/α,β-unsaturated/α-hetero) is 1. The molecule has 1 N–H and O–H groups in total. The zero-order chi connectivity index (χ0) is 21.6. The first-order valence-corrected chi connectivity index (χ1v) is 11.6. The number of hydrogen-bond donors (Lipinski definition) is 1. The van der Waals surface area contributed by atoms with E-state index in [4.69, 9.17) is 4.74 Å².